The molecule has 4 nitrogen and oxygen atoms in total. The zero-order valence-electron chi connectivity index (χ0n) is 16.9. The summed E-state index contributed by atoms with van der Waals surface area (Å²) >= 11 is 0. The quantitative estimate of drug-likeness (QED) is 0.776. The van der Waals surface area contributed by atoms with Crippen LogP contribution in [0.2, 0.25) is 0 Å². The van der Waals surface area contributed by atoms with Crippen LogP contribution in [0.3, 0.4) is 0 Å². The van der Waals surface area contributed by atoms with E-state index >= 15 is 4.39 Å². The molecule has 0 unspecified atom stereocenters. The summed E-state index contributed by atoms with van der Waals surface area (Å²) in [6.45, 7) is 7.99. The highest BCUT2D eigenvalue weighted by atomic mass is 19.1. The Kier molecular flexibility index (Phi) is 4.80. The van der Waals surface area contributed by atoms with Gasteiger partial charge in [-0.05, 0) is 84.4 Å². The van der Waals surface area contributed by atoms with Crippen molar-refractivity contribution < 1.29 is 18.4 Å². The van der Waals surface area contributed by atoms with Gasteiger partial charge in [0, 0.05) is 24.2 Å². The zero-order valence-corrected chi connectivity index (χ0v) is 16.9. The minimum atomic E-state index is -0.681. The summed E-state index contributed by atoms with van der Waals surface area (Å²) in [6.07, 6.45) is 2.21. The summed E-state index contributed by atoms with van der Waals surface area (Å²) in [7, 11) is 0. The summed E-state index contributed by atoms with van der Waals surface area (Å²) in [5, 5.41) is 0. The largest absolute Gasteiger partial charge is 0.366 e. The topological polar surface area (TPSA) is 63.4 Å². The maximum atomic E-state index is 15.4. The lowest BCUT2D eigenvalue weighted by atomic mass is 9.85. The van der Waals surface area contributed by atoms with Crippen molar-refractivity contribution in [3.05, 3.63) is 75.9 Å². The third kappa shape index (κ3) is 3.03. The number of carbonyl (C=O) groups is 2. The Hall–Kier alpha value is -3.28. The zero-order chi connectivity index (χ0) is 21.7. The number of nitrogens with two attached hydrogens (primary N) is 1. The molecule has 0 radical (unpaired) electrons. The van der Waals surface area contributed by atoms with Gasteiger partial charge in [-0.25, -0.2) is 8.78 Å². The molecule has 2 N–H and O–H groups in total. The molecule has 2 aliphatic rings. The van der Waals surface area contributed by atoms with Crippen molar-refractivity contribution in [1.82, 2.24) is 4.90 Å². The van der Waals surface area contributed by atoms with Crippen LogP contribution in [0.5, 0.6) is 0 Å². The number of halogens is 2. The van der Waals surface area contributed by atoms with Gasteiger partial charge in [0.25, 0.3) is 0 Å². The summed E-state index contributed by atoms with van der Waals surface area (Å²) in [6, 6.07) is 3.90. The van der Waals surface area contributed by atoms with Gasteiger partial charge in [-0.3, -0.25) is 9.59 Å². The fraction of sp³-hybridized carbons (Fsp3) is 0.250. The van der Waals surface area contributed by atoms with Gasteiger partial charge in [-0.1, -0.05) is 12.2 Å². The second-order valence-electron chi connectivity index (χ2n) is 7.89. The molecule has 0 fully saturated rings. The smallest absolute Gasteiger partial charge is 0.249 e. The van der Waals surface area contributed by atoms with Gasteiger partial charge in [0.1, 0.15) is 11.6 Å². The van der Waals surface area contributed by atoms with Crippen molar-refractivity contribution >= 4 is 17.4 Å². The molecule has 2 aromatic carbocycles. The predicted octanol–water partition coefficient (Wildman–Crippen LogP) is 4.15. The van der Waals surface area contributed by atoms with Gasteiger partial charge in [0.05, 0.1) is 0 Å². The Balaban J connectivity index is 1.97. The molecule has 0 saturated carbocycles. The third-order valence-corrected chi connectivity index (χ3v) is 6.16. The van der Waals surface area contributed by atoms with E-state index in [1.54, 1.807) is 4.90 Å². The lowest BCUT2D eigenvalue weighted by Crippen LogP contribution is -2.35. The Morgan fingerprint density at radius 2 is 1.87 bits per heavy atom. The monoisotopic (exact) mass is 408 g/mol. The number of amides is 2. The van der Waals surface area contributed by atoms with Gasteiger partial charge in [0.2, 0.25) is 11.8 Å². The highest BCUT2D eigenvalue weighted by Gasteiger charge is 2.31. The molecule has 1 aliphatic heterocycles. The number of benzene rings is 2. The number of primary amides is 1. The van der Waals surface area contributed by atoms with Crippen molar-refractivity contribution in [3.8, 4) is 11.1 Å². The standard InChI is InChI=1S/C24H22F2N2O2/c1-4-21(29)28-6-5-16-14(11-28)8-15(25)9-18(16)23-20(26)10-19(24(27)30)17-7-12(2)13(3)22(17)23/h4,8-10H,1,5-7,11H2,2-3H3,(H2,27,30). The molecule has 2 aromatic rings. The second-order valence-corrected chi connectivity index (χ2v) is 7.89. The average molecular weight is 408 g/mol. The van der Waals surface area contributed by atoms with Gasteiger partial charge in [-0.2, -0.15) is 0 Å². The molecular weight excluding hydrogens is 386 g/mol. The Morgan fingerprint density at radius 1 is 1.13 bits per heavy atom. The number of rotatable bonds is 3. The molecule has 154 valence electrons. The molecule has 0 saturated heterocycles. The minimum Gasteiger partial charge on any atom is -0.366 e. The highest BCUT2D eigenvalue weighted by Crippen LogP contribution is 2.44. The molecule has 0 aromatic heterocycles. The van der Waals surface area contributed by atoms with E-state index in [-0.39, 0.29) is 18.0 Å². The first-order valence-electron chi connectivity index (χ1n) is 9.77. The van der Waals surface area contributed by atoms with Crippen molar-refractivity contribution in [2.24, 2.45) is 5.73 Å². The molecule has 0 bridgehead atoms. The van der Waals surface area contributed by atoms with Crippen molar-refractivity contribution in [3.63, 3.8) is 0 Å². The number of fused-ring (bicyclic) bond motifs is 2. The molecular formula is C24H22F2N2O2. The molecule has 6 heteroatoms. The molecule has 30 heavy (non-hydrogen) atoms. The Labute approximate surface area is 173 Å². The summed E-state index contributed by atoms with van der Waals surface area (Å²) in [5.74, 6) is -2.01. The Bertz CT molecular complexity index is 1160. The Morgan fingerprint density at radius 3 is 2.53 bits per heavy atom. The highest BCUT2D eigenvalue weighted by molar-refractivity contribution is 6.00. The number of nitrogens with zero attached hydrogens (tertiary/aromatic N) is 1. The summed E-state index contributed by atoms with van der Waals surface area (Å²) < 4.78 is 30.0. The fourth-order valence-corrected chi connectivity index (χ4v) is 4.58. The second kappa shape index (κ2) is 7.20. The molecule has 0 atom stereocenters. The van der Waals surface area contributed by atoms with E-state index in [2.05, 4.69) is 6.58 Å². The number of carbonyl (C=O) groups excluding carboxylic acids is 2. The number of hydrogen-bond donors (Lipinski definition) is 1. The van der Waals surface area contributed by atoms with Crippen LogP contribution in [-0.2, 0) is 24.2 Å². The lowest BCUT2D eigenvalue weighted by Gasteiger charge is -2.30. The first kappa shape index (κ1) is 20.0. The van der Waals surface area contributed by atoms with Gasteiger partial charge in [0.15, 0.2) is 0 Å². The van der Waals surface area contributed by atoms with Crippen LogP contribution in [-0.4, -0.2) is 23.3 Å². The molecule has 0 spiro atoms. The van der Waals surface area contributed by atoms with Crippen LogP contribution in [0.25, 0.3) is 16.7 Å². The first-order chi connectivity index (χ1) is 14.2. The van der Waals surface area contributed by atoms with E-state index in [4.69, 9.17) is 5.73 Å². The van der Waals surface area contributed by atoms with Gasteiger partial charge in [-0.15, -0.1) is 0 Å². The summed E-state index contributed by atoms with van der Waals surface area (Å²) in [4.78, 5) is 25.5. The van der Waals surface area contributed by atoms with Gasteiger partial charge >= 0.3 is 0 Å². The summed E-state index contributed by atoms with van der Waals surface area (Å²) in [5.41, 5.74) is 11.1. The average Bonchev–Trinajstić information content (AvgIpc) is 3.00. The minimum absolute atomic E-state index is 0.162. The predicted molar refractivity (Wildman–Crippen MR) is 112 cm³/mol. The van der Waals surface area contributed by atoms with Crippen molar-refractivity contribution in [1.29, 1.82) is 0 Å². The van der Waals surface area contributed by atoms with Crippen LogP contribution in [0, 0.1) is 11.6 Å². The van der Waals surface area contributed by atoms with Crippen LogP contribution >= 0.6 is 0 Å². The maximum absolute atomic E-state index is 15.4. The van der Waals surface area contributed by atoms with E-state index in [0.29, 0.717) is 47.2 Å². The third-order valence-electron chi connectivity index (χ3n) is 6.16. The van der Waals surface area contributed by atoms with E-state index < -0.39 is 17.5 Å². The van der Waals surface area contributed by atoms with E-state index in [0.717, 1.165) is 22.8 Å². The van der Waals surface area contributed by atoms with Crippen LogP contribution in [0.1, 0.15) is 46.5 Å². The normalized spacial score (nSPS) is 15.1. The van der Waals surface area contributed by atoms with E-state index in [1.165, 1.54) is 18.2 Å². The van der Waals surface area contributed by atoms with Crippen molar-refractivity contribution in [2.75, 3.05) is 6.54 Å². The van der Waals surface area contributed by atoms with Gasteiger partial charge < -0.3 is 10.6 Å². The maximum Gasteiger partial charge on any atom is 0.249 e. The SMILES string of the molecule is C=CC(=O)N1CCc2c(cc(F)cc2-c2c(F)cc(C(N)=O)c3c2C(C)=C(C)C3)C1. The molecule has 2 amide bonds. The van der Waals surface area contributed by atoms with Crippen LogP contribution < -0.4 is 5.73 Å². The van der Waals surface area contributed by atoms with Crippen molar-refractivity contribution in [2.45, 2.75) is 33.2 Å². The fourth-order valence-electron chi connectivity index (χ4n) is 4.58. The number of allylic oxidation sites excluding steroid dienone is 2. The van der Waals surface area contributed by atoms with E-state index in [1.807, 2.05) is 13.8 Å². The molecule has 1 heterocycles. The van der Waals surface area contributed by atoms with Crippen LogP contribution in [0.4, 0.5) is 8.78 Å². The molecule has 4 rings (SSSR count). The number of hydrogen-bond acceptors (Lipinski definition) is 2. The van der Waals surface area contributed by atoms with Crippen LogP contribution in [0.15, 0.2) is 36.4 Å². The van der Waals surface area contributed by atoms with E-state index in [9.17, 15) is 14.0 Å². The molecule has 1 aliphatic carbocycles. The first-order valence-corrected chi connectivity index (χ1v) is 9.77. The lowest BCUT2D eigenvalue weighted by molar-refractivity contribution is -0.126.